The van der Waals surface area contributed by atoms with Crippen LogP contribution in [0.4, 0.5) is 5.69 Å². The van der Waals surface area contributed by atoms with Crippen molar-refractivity contribution in [1.82, 2.24) is 0 Å². The smallest absolute Gasteiger partial charge is 0.241 e. The van der Waals surface area contributed by atoms with Crippen molar-refractivity contribution in [2.45, 2.75) is 19.8 Å². The molecule has 1 rings (SSSR count). The van der Waals surface area contributed by atoms with Gasteiger partial charge in [0.05, 0.1) is 6.07 Å². The van der Waals surface area contributed by atoms with E-state index in [0.29, 0.717) is 17.1 Å². The predicted molar refractivity (Wildman–Crippen MR) is 64.1 cm³/mol. The van der Waals surface area contributed by atoms with Gasteiger partial charge in [-0.15, -0.1) is 0 Å². The second-order valence-electron chi connectivity index (χ2n) is 3.47. The molecule has 1 amide bonds. The average molecular weight is 237 g/mol. The maximum atomic E-state index is 11.7. The van der Waals surface area contributed by atoms with E-state index >= 15 is 0 Å². The molecule has 0 fully saturated rings. The molecule has 1 unspecified atom stereocenters. The highest BCUT2D eigenvalue weighted by molar-refractivity contribution is 6.30. The third-order valence-corrected chi connectivity index (χ3v) is 2.41. The summed E-state index contributed by atoms with van der Waals surface area (Å²) >= 11 is 5.72. The third-order valence-electron chi connectivity index (χ3n) is 2.16. The highest BCUT2D eigenvalue weighted by atomic mass is 35.5. The Hall–Kier alpha value is -1.53. The molecule has 0 heterocycles. The van der Waals surface area contributed by atoms with Gasteiger partial charge in [-0.05, 0) is 30.7 Å². The maximum Gasteiger partial charge on any atom is 0.241 e. The molecule has 84 valence electrons. The lowest BCUT2D eigenvalue weighted by atomic mass is 10.0. The highest BCUT2D eigenvalue weighted by Gasteiger charge is 2.16. The van der Waals surface area contributed by atoms with Crippen molar-refractivity contribution in [1.29, 1.82) is 5.26 Å². The largest absolute Gasteiger partial charge is 0.325 e. The molecule has 1 aromatic rings. The van der Waals surface area contributed by atoms with Crippen molar-refractivity contribution in [3.05, 3.63) is 29.3 Å². The van der Waals surface area contributed by atoms with E-state index in [1.807, 2.05) is 13.0 Å². The fourth-order valence-corrected chi connectivity index (χ4v) is 1.43. The lowest BCUT2D eigenvalue weighted by molar-refractivity contribution is -0.118. The van der Waals surface area contributed by atoms with Crippen molar-refractivity contribution < 1.29 is 4.79 Å². The molecule has 0 aliphatic rings. The third kappa shape index (κ3) is 3.56. The first-order chi connectivity index (χ1) is 7.67. The summed E-state index contributed by atoms with van der Waals surface area (Å²) in [5.74, 6) is -0.840. The number of carbonyl (C=O) groups excluding carboxylic acids is 1. The molecule has 1 atom stereocenters. The van der Waals surface area contributed by atoms with E-state index in [0.717, 1.165) is 6.42 Å². The molecule has 0 aliphatic heterocycles. The first-order valence-corrected chi connectivity index (χ1v) is 5.51. The lowest BCUT2D eigenvalue weighted by Crippen LogP contribution is -2.21. The zero-order chi connectivity index (χ0) is 12.0. The summed E-state index contributed by atoms with van der Waals surface area (Å²) in [5.41, 5.74) is 0.658. The molecule has 1 aromatic carbocycles. The van der Waals surface area contributed by atoms with Gasteiger partial charge in [-0.3, -0.25) is 4.79 Å². The van der Waals surface area contributed by atoms with Crippen LogP contribution in [0.5, 0.6) is 0 Å². The number of nitrogens with zero attached hydrogens (tertiary/aromatic N) is 1. The molecule has 4 heteroatoms. The number of halogens is 1. The van der Waals surface area contributed by atoms with E-state index in [1.165, 1.54) is 0 Å². The molecular formula is C12H13ClN2O. The van der Waals surface area contributed by atoms with Crippen LogP contribution in [0.3, 0.4) is 0 Å². The molecule has 0 aliphatic carbocycles. The van der Waals surface area contributed by atoms with E-state index in [1.54, 1.807) is 24.3 Å². The standard InChI is InChI=1S/C12H13ClN2O/c1-2-3-9(8-14)12(16)15-11-6-4-10(13)5-7-11/h4-7,9H,2-3H2,1H3,(H,15,16). The number of rotatable bonds is 4. The molecule has 0 saturated carbocycles. The lowest BCUT2D eigenvalue weighted by Gasteiger charge is -2.08. The Labute approximate surface area is 100 Å². The average Bonchev–Trinajstić information content (AvgIpc) is 2.29. The Morgan fingerprint density at radius 1 is 1.50 bits per heavy atom. The predicted octanol–water partition coefficient (Wildman–Crippen LogP) is 3.22. The zero-order valence-electron chi connectivity index (χ0n) is 9.03. The molecule has 0 radical (unpaired) electrons. The Balaban J connectivity index is 2.63. The van der Waals surface area contributed by atoms with E-state index in [9.17, 15) is 4.79 Å². The highest BCUT2D eigenvalue weighted by Crippen LogP contribution is 2.15. The van der Waals surface area contributed by atoms with Gasteiger partial charge in [0, 0.05) is 10.7 Å². The van der Waals surface area contributed by atoms with Gasteiger partial charge in [-0.1, -0.05) is 24.9 Å². The van der Waals surface area contributed by atoms with Crippen molar-refractivity contribution >= 4 is 23.2 Å². The van der Waals surface area contributed by atoms with E-state index in [2.05, 4.69) is 5.32 Å². The number of carbonyl (C=O) groups is 1. The first-order valence-electron chi connectivity index (χ1n) is 5.13. The van der Waals surface area contributed by atoms with Gasteiger partial charge in [0.25, 0.3) is 0 Å². The number of benzene rings is 1. The van der Waals surface area contributed by atoms with Gasteiger partial charge in [0.15, 0.2) is 0 Å². The van der Waals surface area contributed by atoms with Crippen molar-refractivity contribution in [2.75, 3.05) is 5.32 Å². The maximum absolute atomic E-state index is 11.7. The van der Waals surface area contributed by atoms with Crippen molar-refractivity contribution in [3.63, 3.8) is 0 Å². The van der Waals surface area contributed by atoms with Gasteiger partial charge in [-0.2, -0.15) is 5.26 Å². The minimum Gasteiger partial charge on any atom is -0.325 e. The quantitative estimate of drug-likeness (QED) is 0.873. The Morgan fingerprint density at radius 2 is 2.12 bits per heavy atom. The van der Waals surface area contributed by atoms with Crippen molar-refractivity contribution in [2.24, 2.45) is 5.92 Å². The fraction of sp³-hybridized carbons (Fsp3) is 0.333. The number of nitrogens with one attached hydrogen (secondary N) is 1. The summed E-state index contributed by atoms with van der Waals surface area (Å²) in [7, 11) is 0. The van der Waals surface area contributed by atoms with Crippen LogP contribution >= 0.6 is 11.6 Å². The first kappa shape index (κ1) is 12.5. The summed E-state index contributed by atoms with van der Waals surface area (Å²) < 4.78 is 0. The summed E-state index contributed by atoms with van der Waals surface area (Å²) in [6.45, 7) is 1.94. The number of anilines is 1. The molecule has 0 aromatic heterocycles. The van der Waals surface area contributed by atoms with Gasteiger partial charge < -0.3 is 5.32 Å². The van der Waals surface area contributed by atoms with Gasteiger partial charge >= 0.3 is 0 Å². The Morgan fingerprint density at radius 3 is 2.62 bits per heavy atom. The zero-order valence-corrected chi connectivity index (χ0v) is 9.79. The van der Waals surface area contributed by atoms with E-state index < -0.39 is 5.92 Å². The normalized spacial score (nSPS) is 11.6. The SMILES string of the molecule is CCCC(C#N)C(=O)Nc1ccc(Cl)cc1. The fourth-order valence-electron chi connectivity index (χ4n) is 1.31. The number of amides is 1. The topological polar surface area (TPSA) is 52.9 Å². The van der Waals surface area contributed by atoms with Gasteiger partial charge in [0.2, 0.25) is 5.91 Å². The molecule has 16 heavy (non-hydrogen) atoms. The monoisotopic (exact) mass is 236 g/mol. The van der Waals surface area contributed by atoms with E-state index in [4.69, 9.17) is 16.9 Å². The van der Waals surface area contributed by atoms with Crippen LogP contribution in [-0.4, -0.2) is 5.91 Å². The van der Waals surface area contributed by atoms with Crippen LogP contribution in [0.1, 0.15) is 19.8 Å². The number of hydrogen-bond acceptors (Lipinski definition) is 2. The molecule has 0 spiro atoms. The van der Waals surface area contributed by atoms with E-state index in [-0.39, 0.29) is 5.91 Å². The van der Waals surface area contributed by atoms with Crippen LogP contribution in [0.15, 0.2) is 24.3 Å². The molecule has 0 saturated heterocycles. The molecule has 3 nitrogen and oxygen atoms in total. The van der Waals surface area contributed by atoms with Crippen LogP contribution in [0, 0.1) is 17.2 Å². The summed E-state index contributed by atoms with van der Waals surface area (Å²) in [5, 5.41) is 12.1. The second-order valence-corrected chi connectivity index (χ2v) is 3.90. The second kappa shape index (κ2) is 6.14. The Bertz CT molecular complexity index is 394. The van der Waals surface area contributed by atoms with Gasteiger partial charge in [-0.25, -0.2) is 0 Å². The number of hydrogen-bond donors (Lipinski definition) is 1. The van der Waals surface area contributed by atoms with Crippen LogP contribution < -0.4 is 5.32 Å². The van der Waals surface area contributed by atoms with Crippen LogP contribution in [0.2, 0.25) is 5.02 Å². The minimum absolute atomic E-state index is 0.258. The molecule has 0 bridgehead atoms. The summed E-state index contributed by atoms with van der Waals surface area (Å²) in [4.78, 5) is 11.7. The van der Waals surface area contributed by atoms with Gasteiger partial charge in [0.1, 0.15) is 5.92 Å². The Kier molecular flexibility index (Phi) is 4.81. The molecular weight excluding hydrogens is 224 g/mol. The minimum atomic E-state index is -0.583. The molecule has 1 N–H and O–H groups in total. The summed E-state index contributed by atoms with van der Waals surface area (Å²) in [6.07, 6.45) is 1.39. The summed E-state index contributed by atoms with van der Waals surface area (Å²) in [6, 6.07) is 8.80. The number of nitriles is 1. The van der Waals surface area contributed by atoms with Crippen LogP contribution in [-0.2, 0) is 4.79 Å². The van der Waals surface area contributed by atoms with Crippen LogP contribution in [0.25, 0.3) is 0 Å². The van der Waals surface area contributed by atoms with Crippen molar-refractivity contribution in [3.8, 4) is 6.07 Å².